The van der Waals surface area contributed by atoms with Gasteiger partial charge in [-0.25, -0.2) is 4.39 Å². The van der Waals surface area contributed by atoms with Crippen molar-refractivity contribution in [3.8, 4) is 0 Å². The molecule has 0 radical (unpaired) electrons. The molecule has 0 spiro atoms. The third kappa shape index (κ3) is 5.89. The van der Waals surface area contributed by atoms with Crippen molar-refractivity contribution in [2.75, 3.05) is 12.3 Å². The molecule has 1 unspecified atom stereocenters. The molecule has 1 atom stereocenters. The van der Waals surface area contributed by atoms with E-state index in [0.717, 1.165) is 30.0 Å². The predicted octanol–water partition coefficient (Wildman–Crippen LogP) is 3.86. The van der Waals surface area contributed by atoms with Crippen molar-refractivity contribution in [2.24, 2.45) is 0 Å². The lowest BCUT2D eigenvalue weighted by atomic mass is 10.2. The second-order valence-electron chi connectivity index (χ2n) is 3.89. The molecule has 94 valence electrons. The van der Waals surface area contributed by atoms with Crippen molar-refractivity contribution in [2.45, 2.75) is 30.7 Å². The van der Waals surface area contributed by atoms with Gasteiger partial charge in [0.1, 0.15) is 5.82 Å². The SMILES string of the molecule is C=CCCC(CSc1ccc(F)cc1)NCC. The van der Waals surface area contributed by atoms with Crippen molar-refractivity contribution in [3.63, 3.8) is 0 Å². The van der Waals surface area contributed by atoms with Crippen molar-refractivity contribution >= 4 is 11.8 Å². The van der Waals surface area contributed by atoms with Gasteiger partial charge in [0.05, 0.1) is 0 Å². The first-order valence-electron chi connectivity index (χ1n) is 5.99. The van der Waals surface area contributed by atoms with E-state index in [4.69, 9.17) is 0 Å². The van der Waals surface area contributed by atoms with Crippen LogP contribution in [0, 0.1) is 5.82 Å². The number of hydrogen-bond acceptors (Lipinski definition) is 2. The van der Waals surface area contributed by atoms with Gasteiger partial charge in [0.2, 0.25) is 0 Å². The molecule has 1 N–H and O–H groups in total. The Kier molecular flexibility index (Phi) is 6.97. The molecule has 1 rings (SSSR count). The Balaban J connectivity index is 2.39. The summed E-state index contributed by atoms with van der Waals surface area (Å²) in [5.74, 6) is 0.831. The average Bonchev–Trinajstić information content (AvgIpc) is 2.35. The zero-order chi connectivity index (χ0) is 12.5. The van der Waals surface area contributed by atoms with Crippen molar-refractivity contribution in [3.05, 3.63) is 42.7 Å². The fourth-order valence-electron chi connectivity index (χ4n) is 1.58. The van der Waals surface area contributed by atoms with E-state index in [1.165, 1.54) is 12.1 Å². The monoisotopic (exact) mass is 253 g/mol. The molecular formula is C14H20FNS. The number of nitrogens with one attached hydrogen (secondary N) is 1. The molecule has 0 bridgehead atoms. The van der Waals surface area contributed by atoms with Gasteiger partial charge in [-0.15, -0.1) is 18.3 Å². The molecule has 0 amide bonds. The summed E-state index contributed by atoms with van der Waals surface area (Å²) in [5.41, 5.74) is 0. The van der Waals surface area contributed by atoms with E-state index in [-0.39, 0.29) is 5.82 Å². The first-order chi connectivity index (χ1) is 8.26. The fourth-order valence-corrected chi connectivity index (χ4v) is 2.59. The molecule has 0 aliphatic carbocycles. The molecule has 1 aromatic rings. The van der Waals surface area contributed by atoms with E-state index in [1.807, 2.05) is 18.2 Å². The van der Waals surface area contributed by atoms with Gasteiger partial charge in [0, 0.05) is 16.7 Å². The lowest BCUT2D eigenvalue weighted by molar-refractivity contribution is 0.542. The normalized spacial score (nSPS) is 12.4. The summed E-state index contributed by atoms with van der Waals surface area (Å²) in [5, 5.41) is 3.46. The van der Waals surface area contributed by atoms with Gasteiger partial charge in [-0.3, -0.25) is 0 Å². The molecule has 0 saturated heterocycles. The maximum atomic E-state index is 12.7. The van der Waals surface area contributed by atoms with Crippen LogP contribution >= 0.6 is 11.8 Å². The molecule has 0 saturated carbocycles. The van der Waals surface area contributed by atoms with Crippen LogP contribution in [0.4, 0.5) is 4.39 Å². The van der Waals surface area contributed by atoms with Gasteiger partial charge in [-0.2, -0.15) is 0 Å². The van der Waals surface area contributed by atoms with Gasteiger partial charge < -0.3 is 5.32 Å². The molecule has 0 aromatic heterocycles. The van der Waals surface area contributed by atoms with Crippen molar-refractivity contribution < 1.29 is 4.39 Å². The van der Waals surface area contributed by atoms with E-state index < -0.39 is 0 Å². The minimum absolute atomic E-state index is 0.177. The van der Waals surface area contributed by atoms with E-state index in [0.29, 0.717) is 6.04 Å². The zero-order valence-corrected chi connectivity index (χ0v) is 11.1. The Morgan fingerprint density at radius 3 is 2.71 bits per heavy atom. The molecule has 0 aliphatic heterocycles. The van der Waals surface area contributed by atoms with Crippen LogP contribution in [-0.2, 0) is 0 Å². The smallest absolute Gasteiger partial charge is 0.123 e. The second-order valence-corrected chi connectivity index (χ2v) is 4.98. The highest BCUT2D eigenvalue weighted by atomic mass is 32.2. The lowest BCUT2D eigenvalue weighted by Crippen LogP contribution is -2.30. The number of rotatable bonds is 8. The fraction of sp³-hybridized carbons (Fsp3) is 0.429. The van der Waals surface area contributed by atoms with Gasteiger partial charge in [0.15, 0.2) is 0 Å². The topological polar surface area (TPSA) is 12.0 Å². The minimum Gasteiger partial charge on any atom is -0.313 e. The van der Waals surface area contributed by atoms with Gasteiger partial charge in [-0.1, -0.05) is 13.0 Å². The molecule has 0 aliphatic rings. The van der Waals surface area contributed by atoms with E-state index in [2.05, 4.69) is 18.8 Å². The summed E-state index contributed by atoms with van der Waals surface area (Å²) in [6.07, 6.45) is 4.08. The van der Waals surface area contributed by atoms with Crippen LogP contribution in [0.1, 0.15) is 19.8 Å². The molecule has 0 fully saturated rings. The summed E-state index contributed by atoms with van der Waals surface area (Å²) < 4.78 is 12.7. The number of halogens is 1. The first kappa shape index (κ1) is 14.3. The summed E-state index contributed by atoms with van der Waals surface area (Å²) in [6, 6.07) is 7.17. The van der Waals surface area contributed by atoms with Gasteiger partial charge in [-0.05, 0) is 43.7 Å². The third-order valence-electron chi connectivity index (χ3n) is 2.48. The van der Waals surface area contributed by atoms with E-state index in [9.17, 15) is 4.39 Å². The van der Waals surface area contributed by atoms with Crippen LogP contribution in [0.5, 0.6) is 0 Å². The summed E-state index contributed by atoms with van der Waals surface area (Å²) in [7, 11) is 0. The highest BCUT2D eigenvalue weighted by Crippen LogP contribution is 2.20. The second kappa shape index (κ2) is 8.31. The maximum absolute atomic E-state index is 12.7. The van der Waals surface area contributed by atoms with E-state index >= 15 is 0 Å². The third-order valence-corrected chi connectivity index (χ3v) is 3.65. The average molecular weight is 253 g/mol. The standard InChI is InChI=1S/C14H20FNS/c1-3-5-6-13(16-4-2)11-17-14-9-7-12(15)8-10-14/h3,7-10,13,16H,1,4-6,11H2,2H3. The Morgan fingerprint density at radius 1 is 1.41 bits per heavy atom. The first-order valence-corrected chi connectivity index (χ1v) is 6.97. The van der Waals surface area contributed by atoms with Crippen LogP contribution in [0.25, 0.3) is 0 Å². The largest absolute Gasteiger partial charge is 0.313 e. The summed E-state index contributed by atoms with van der Waals surface area (Å²) in [6.45, 7) is 6.84. The van der Waals surface area contributed by atoms with Crippen molar-refractivity contribution in [1.29, 1.82) is 0 Å². The number of thioether (sulfide) groups is 1. The quantitative estimate of drug-likeness (QED) is 0.557. The number of benzene rings is 1. The van der Waals surface area contributed by atoms with Crippen LogP contribution in [0.3, 0.4) is 0 Å². The highest BCUT2D eigenvalue weighted by Gasteiger charge is 2.06. The Bertz CT molecular complexity index is 323. The van der Waals surface area contributed by atoms with E-state index in [1.54, 1.807) is 11.8 Å². The predicted molar refractivity (Wildman–Crippen MR) is 74.0 cm³/mol. The molecule has 3 heteroatoms. The van der Waals surface area contributed by atoms with Crippen LogP contribution < -0.4 is 5.32 Å². The Morgan fingerprint density at radius 2 is 2.12 bits per heavy atom. The highest BCUT2D eigenvalue weighted by molar-refractivity contribution is 7.99. The lowest BCUT2D eigenvalue weighted by Gasteiger charge is -2.16. The molecule has 1 aromatic carbocycles. The molecule has 0 heterocycles. The van der Waals surface area contributed by atoms with Crippen LogP contribution in [-0.4, -0.2) is 18.3 Å². The Labute approximate surface area is 107 Å². The molecule has 17 heavy (non-hydrogen) atoms. The number of hydrogen-bond donors (Lipinski definition) is 1. The maximum Gasteiger partial charge on any atom is 0.123 e. The molecular weight excluding hydrogens is 233 g/mol. The molecule has 1 nitrogen and oxygen atoms in total. The zero-order valence-electron chi connectivity index (χ0n) is 10.3. The van der Waals surface area contributed by atoms with Gasteiger partial charge >= 0.3 is 0 Å². The van der Waals surface area contributed by atoms with Crippen LogP contribution in [0.2, 0.25) is 0 Å². The summed E-state index contributed by atoms with van der Waals surface area (Å²) in [4.78, 5) is 1.12. The Hall–Kier alpha value is -0.800. The summed E-state index contributed by atoms with van der Waals surface area (Å²) >= 11 is 1.76. The minimum atomic E-state index is -0.177. The number of allylic oxidation sites excluding steroid dienone is 1. The van der Waals surface area contributed by atoms with Gasteiger partial charge in [0.25, 0.3) is 0 Å². The van der Waals surface area contributed by atoms with Crippen molar-refractivity contribution in [1.82, 2.24) is 5.32 Å². The van der Waals surface area contributed by atoms with Crippen LogP contribution in [0.15, 0.2) is 41.8 Å².